The highest BCUT2D eigenvalue weighted by Gasteiger charge is 1.93. The minimum atomic E-state index is 0.474. The Hall–Kier alpha value is -0.660. The van der Waals surface area contributed by atoms with E-state index >= 15 is 0 Å². The minimum Gasteiger partial charge on any atom is -0.496 e. The van der Waals surface area contributed by atoms with Crippen LogP contribution in [-0.2, 0) is 28.4 Å². The van der Waals surface area contributed by atoms with Crippen LogP contribution < -0.4 is 0 Å². The first kappa shape index (κ1) is 20.3. The summed E-state index contributed by atoms with van der Waals surface area (Å²) in [5.74, 6) is 0.700. The normalized spacial score (nSPS) is 10.8. The Balaban J connectivity index is 2.95. The van der Waals surface area contributed by atoms with E-state index in [2.05, 4.69) is 13.5 Å². The zero-order chi connectivity index (χ0) is 15.6. The van der Waals surface area contributed by atoms with Crippen molar-refractivity contribution in [3.63, 3.8) is 0 Å². The molecule has 6 nitrogen and oxygen atoms in total. The highest BCUT2D eigenvalue weighted by molar-refractivity contribution is 4.72. The first-order valence-electron chi connectivity index (χ1n) is 7.23. The molecule has 21 heavy (non-hydrogen) atoms. The lowest BCUT2D eigenvalue weighted by Crippen LogP contribution is -2.13. The molecule has 0 amide bonds. The maximum atomic E-state index is 5.34. The van der Waals surface area contributed by atoms with Gasteiger partial charge in [0.05, 0.1) is 65.2 Å². The molecule has 0 saturated carbocycles. The van der Waals surface area contributed by atoms with Crippen LogP contribution in [-0.4, -0.2) is 72.7 Å². The van der Waals surface area contributed by atoms with Gasteiger partial charge in [0.1, 0.15) is 6.61 Å². The topological polar surface area (TPSA) is 55.4 Å². The molecule has 0 aliphatic heterocycles. The molecule has 0 atom stereocenters. The SMILES string of the molecule is [CH2]COCCOCCOCCOCCOCCOC(=C)C. The standard InChI is InChI=1S/C15H29O6/c1-4-16-5-6-17-7-8-18-9-10-19-11-12-20-13-14-21-15(2)3/h1-2,4-14H2,3H3. The number of allylic oxidation sites excluding steroid dienone is 1. The molecule has 0 aromatic carbocycles. The third kappa shape index (κ3) is 19.3. The Morgan fingerprint density at radius 3 is 1.29 bits per heavy atom. The first-order valence-corrected chi connectivity index (χ1v) is 7.23. The van der Waals surface area contributed by atoms with E-state index in [-0.39, 0.29) is 0 Å². The van der Waals surface area contributed by atoms with E-state index in [1.54, 1.807) is 0 Å². The highest BCUT2D eigenvalue weighted by Crippen LogP contribution is 1.89. The Bertz CT molecular complexity index is 222. The van der Waals surface area contributed by atoms with Crippen LogP contribution in [0.4, 0.5) is 0 Å². The summed E-state index contributed by atoms with van der Waals surface area (Å²) in [4.78, 5) is 0. The van der Waals surface area contributed by atoms with E-state index in [0.29, 0.717) is 78.4 Å². The zero-order valence-electron chi connectivity index (χ0n) is 13.1. The van der Waals surface area contributed by atoms with E-state index in [4.69, 9.17) is 28.4 Å². The van der Waals surface area contributed by atoms with Crippen molar-refractivity contribution in [2.45, 2.75) is 6.92 Å². The van der Waals surface area contributed by atoms with Crippen molar-refractivity contribution >= 4 is 0 Å². The molecule has 0 heterocycles. The third-order valence-electron chi connectivity index (χ3n) is 2.21. The van der Waals surface area contributed by atoms with E-state index < -0.39 is 0 Å². The van der Waals surface area contributed by atoms with Gasteiger partial charge in [0.2, 0.25) is 0 Å². The number of rotatable bonds is 17. The predicted molar refractivity (Wildman–Crippen MR) is 80.2 cm³/mol. The lowest BCUT2D eigenvalue weighted by Gasteiger charge is -2.08. The summed E-state index contributed by atoms with van der Waals surface area (Å²) in [5, 5.41) is 0. The summed E-state index contributed by atoms with van der Waals surface area (Å²) in [6.45, 7) is 15.0. The molecular formula is C15H29O6. The molecule has 0 aromatic rings. The maximum absolute atomic E-state index is 5.34. The van der Waals surface area contributed by atoms with Gasteiger partial charge in [0.15, 0.2) is 0 Å². The fraction of sp³-hybridized carbons (Fsp3) is 0.800. The second kappa shape index (κ2) is 17.4. The molecule has 6 heteroatoms. The van der Waals surface area contributed by atoms with E-state index in [1.807, 2.05) is 6.92 Å². The second-order valence-corrected chi connectivity index (χ2v) is 4.11. The molecule has 125 valence electrons. The lowest BCUT2D eigenvalue weighted by molar-refractivity contribution is -0.0129. The van der Waals surface area contributed by atoms with Crippen LogP contribution in [0.15, 0.2) is 12.3 Å². The molecule has 0 aliphatic rings. The smallest absolute Gasteiger partial charge is 0.111 e. The van der Waals surface area contributed by atoms with Crippen molar-refractivity contribution in [3.8, 4) is 0 Å². The van der Waals surface area contributed by atoms with Crippen LogP contribution in [0, 0.1) is 6.92 Å². The van der Waals surface area contributed by atoms with Crippen LogP contribution in [0.2, 0.25) is 0 Å². The summed E-state index contributed by atoms with van der Waals surface area (Å²) in [6, 6.07) is 0. The van der Waals surface area contributed by atoms with Gasteiger partial charge in [-0.05, 0) is 13.8 Å². The van der Waals surface area contributed by atoms with Gasteiger partial charge in [0.25, 0.3) is 0 Å². The highest BCUT2D eigenvalue weighted by atomic mass is 16.6. The molecule has 1 radical (unpaired) electrons. The molecule has 0 aliphatic carbocycles. The Labute approximate surface area is 128 Å². The van der Waals surface area contributed by atoms with Crippen molar-refractivity contribution in [1.29, 1.82) is 0 Å². The van der Waals surface area contributed by atoms with Crippen LogP contribution in [0.1, 0.15) is 6.92 Å². The third-order valence-corrected chi connectivity index (χ3v) is 2.21. The Kier molecular flexibility index (Phi) is 16.8. The first-order chi connectivity index (χ1) is 10.3. The van der Waals surface area contributed by atoms with Crippen LogP contribution in [0.25, 0.3) is 0 Å². The maximum Gasteiger partial charge on any atom is 0.111 e. The molecule has 0 N–H and O–H groups in total. The summed E-state index contributed by atoms with van der Waals surface area (Å²) in [5.41, 5.74) is 0. The van der Waals surface area contributed by atoms with E-state index in [1.165, 1.54) is 0 Å². The Morgan fingerprint density at radius 2 is 0.952 bits per heavy atom. The largest absolute Gasteiger partial charge is 0.496 e. The number of hydrogen-bond acceptors (Lipinski definition) is 6. The average Bonchev–Trinajstić information content (AvgIpc) is 2.46. The summed E-state index contributed by atoms with van der Waals surface area (Å²) < 4.78 is 31.5. The lowest BCUT2D eigenvalue weighted by atomic mass is 10.6. The van der Waals surface area contributed by atoms with Gasteiger partial charge in [-0.2, -0.15) is 0 Å². The molecule has 0 unspecified atom stereocenters. The van der Waals surface area contributed by atoms with Gasteiger partial charge in [-0.3, -0.25) is 0 Å². The summed E-state index contributed by atoms with van der Waals surface area (Å²) >= 11 is 0. The fourth-order valence-electron chi connectivity index (χ4n) is 1.26. The molecule has 0 saturated heterocycles. The molecule has 0 aromatic heterocycles. The van der Waals surface area contributed by atoms with Crippen molar-refractivity contribution in [3.05, 3.63) is 19.3 Å². The molecule has 0 spiro atoms. The van der Waals surface area contributed by atoms with E-state index in [0.717, 1.165) is 0 Å². The van der Waals surface area contributed by atoms with E-state index in [9.17, 15) is 0 Å². The minimum absolute atomic E-state index is 0.474. The van der Waals surface area contributed by atoms with Crippen LogP contribution in [0.5, 0.6) is 0 Å². The van der Waals surface area contributed by atoms with Crippen molar-refractivity contribution in [2.75, 3.05) is 72.7 Å². The fourth-order valence-corrected chi connectivity index (χ4v) is 1.26. The summed E-state index contributed by atoms with van der Waals surface area (Å²) in [7, 11) is 0. The van der Waals surface area contributed by atoms with Crippen LogP contribution in [0.3, 0.4) is 0 Å². The molecule has 0 rings (SSSR count). The van der Waals surface area contributed by atoms with Crippen molar-refractivity contribution in [1.82, 2.24) is 0 Å². The average molecular weight is 305 g/mol. The quantitative estimate of drug-likeness (QED) is 0.299. The second-order valence-electron chi connectivity index (χ2n) is 4.11. The monoisotopic (exact) mass is 305 g/mol. The predicted octanol–water partition coefficient (Wildman–Crippen LogP) is 1.45. The van der Waals surface area contributed by atoms with Crippen molar-refractivity contribution in [2.24, 2.45) is 0 Å². The van der Waals surface area contributed by atoms with Crippen LogP contribution >= 0.6 is 0 Å². The van der Waals surface area contributed by atoms with Gasteiger partial charge in [0, 0.05) is 6.61 Å². The molecule has 0 bridgehead atoms. The molecular weight excluding hydrogens is 276 g/mol. The van der Waals surface area contributed by atoms with Gasteiger partial charge >= 0.3 is 0 Å². The molecule has 0 fully saturated rings. The van der Waals surface area contributed by atoms with Gasteiger partial charge in [-0.25, -0.2) is 0 Å². The number of ether oxygens (including phenoxy) is 6. The van der Waals surface area contributed by atoms with Gasteiger partial charge in [-0.15, -0.1) is 0 Å². The Morgan fingerprint density at radius 1 is 0.619 bits per heavy atom. The zero-order valence-corrected chi connectivity index (χ0v) is 13.1. The van der Waals surface area contributed by atoms with Gasteiger partial charge in [-0.1, -0.05) is 6.58 Å². The number of hydrogen-bond donors (Lipinski definition) is 0. The van der Waals surface area contributed by atoms with Crippen molar-refractivity contribution < 1.29 is 28.4 Å². The van der Waals surface area contributed by atoms with Gasteiger partial charge < -0.3 is 28.4 Å². The summed E-state index contributed by atoms with van der Waals surface area (Å²) in [6.07, 6.45) is 0.